The highest BCUT2D eigenvalue weighted by Crippen LogP contribution is 2.26. The highest BCUT2D eigenvalue weighted by molar-refractivity contribution is 7.99. The summed E-state index contributed by atoms with van der Waals surface area (Å²) in [6.45, 7) is 4.83. The van der Waals surface area contributed by atoms with Gasteiger partial charge in [-0.25, -0.2) is 19.9 Å². The normalized spacial score (nSPS) is 10.5. The Morgan fingerprint density at radius 2 is 1.89 bits per heavy atom. The van der Waals surface area contributed by atoms with Gasteiger partial charge in [0.2, 0.25) is 0 Å². The van der Waals surface area contributed by atoms with Crippen molar-refractivity contribution in [2.24, 2.45) is 0 Å². The second-order valence-electron chi connectivity index (χ2n) is 3.75. The van der Waals surface area contributed by atoms with Crippen molar-refractivity contribution >= 4 is 29.3 Å². The van der Waals surface area contributed by atoms with Crippen LogP contribution in [0.4, 0.5) is 5.82 Å². The average molecular weight is 293 g/mol. The number of aryl methyl sites for hydroxylation is 1. The second kappa shape index (κ2) is 6.72. The van der Waals surface area contributed by atoms with Crippen LogP contribution in [-0.2, 0) is 0 Å². The van der Waals surface area contributed by atoms with Crippen LogP contribution in [0.5, 0.6) is 0 Å². The summed E-state index contributed by atoms with van der Waals surface area (Å²) in [5, 5.41) is 5.48. The SMILES string of the molecule is CCNc1cc(Sc2ncc(C)cn2)nc(SC)n1. The van der Waals surface area contributed by atoms with E-state index in [1.54, 1.807) is 12.4 Å². The fourth-order valence-electron chi connectivity index (χ4n) is 1.35. The van der Waals surface area contributed by atoms with Crippen molar-refractivity contribution in [3.63, 3.8) is 0 Å². The molecule has 2 heterocycles. The van der Waals surface area contributed by atoms with Crippen molar-refractivity contribution in [3.8, 4) is 0 Å². The molecule has 0 fully saturated rings. The molecule has 0 saturated heterocycles. The minimum atomic E-state index is 0.693. The molecule has 0 spiro atoms. The van der Waals surface area contributed by atoms with Crippen molar-refractivity contribution in [2.45, 2.75) is 29.2 Å². The number of rotatable bonds is 5. The lowest BCUT2D eigenvalue weighted by Gasteiger charge is -2.06. The number of hydrogen-bond acceptors (Lipinski definition) is 7. The fraction of sp³-hybridized carbons (Fsp3) is 0.333. The van der Waals surface area contributed by atoms with Crippen LogP contribution in [0.2, 0.25) is 0 Å². The standard InChI is InChI=1S/C12H15N5S2/c1-4-13-9-5-10(17-12(16-9)18-3)19-11-14-6-8(2)7-15-11/h5-7H,4H2,1-3H3,(H,13,16,17). The number of anilines is 1. The number of thioether (sulfide) groups is 1. The predicted molar refractivity (Wildman–Crippen MR) is 78.9 cm³/mol. The van der Waals surface area contributed by atoms with Crippen LogP contribution in [-0.4, -0.2) is 32.7 Å². The van der Waals surface area contributed by atoms with Crippen LogP contribution in [0.15, 0.2) is 33.8 Å². The third-order valence-electron chi connectivity index (χ3n) is 2.18. The van der Waals surface area contributed by atoms with Gasteiger partial charge in [-0.05, 0) is 37.4 Å². The molecule has 0 atom stereocenters. The number of aromatic nitrogens is 4. The molecule has 0 saturated carbocycles. The van der Waals surface area contributed by atoms with E-state index in [9.17, 15) is 0 Å². The molecule has 0 aromatic carbocycles. The molecule has 19 heavy (non-hydrogen) atoms. The lowest BCUT2D eigenvalue weighted by atomic mass is 10.4. The molecule has 2 aromatic heterocycles. The number of hydrogen-bond donors (Lipinski definition) is 1. The lowest BCUT2D eigenvalue weighted by molar-refractivity contribution is 0.881. The van der Waals surface area contributed by atoms with Crippen LogP contribution in [0.25, 0.3) is 0 Å². The van der Waals surface area contributed by atoms with Crippen LogP contribution in [0.1, 0.15) is 12.5 Å². The molecule has 0 unspecified atom stereocenters. The summed E-state index contributed by atoms with van der Waals surface area (Å²) in [5.74, 6) is 0.830. The quantitative estimate of drug-likeness (QED) is 0.516. The Labute approximate surface area is 121 Å². The highest BCUT2D eigenvalue weighted by Gasteiger charge is 2.07. The molecule has 0 aliphatic carbocycles. The van der Waals surface area contributed by atoms with Gasteiger partial charge in [0.05, 0.1) is 0 Å². The summed E-state index contributed by atoms with van der Waals surface area (Å²) in [5.41, 5.74) is 1.05. The maximum absolute atomic E-state index is 4.45. The van der Waals surface area contributed by atoms with Gasteiger partial charge in [0.1, 0.15) is 10.8 Å². The van der Waals surface area contributed by atoms with Crippen LogP contribution in [0.3, 0.4) is 0 Å². The average Bonchev–Trinajstić information content (AvgIpc) is 2.41. The second-order valence-corrected chi connectivity index (χ2v) is 5.51. The molecule has 100 valence electrons. The first-order valence-electron chi connectivity index (χ1n) is 5.84. The van der Waals surface area contributed by atoms with E-state index in [0.29, 0.717) is 5.16 Å². The topological polar surface area (TPSA) is 63.6 Å². The van der Waals surface area contributed by atoms with Gasteiger partial charge in [-0.15, -0.1) is 0 Å². The smallest absolute Gasteiger partial charge is 0.193 e. The zero-order chi connectivity index (χ0) is 13.7. The highest BCUT2D eigenvalue weighted by atomic mass is 32.2. The monoisotopic (exact) mass is 293 g/mol. The summed E-state index contributed by atoms with van der Waals surface area (Å²) in [6, 6.07) is 1.91. The minimum absolute atomic E-state index is 0.693. The molecular formula is C12H15N5S2. The van der Waals surface area contributed by atoms with Gasteiger partial charge in [0.25, 0.3) is 0 Å². The molecule has 2 rings (SSSR count). The van der Waals surface area contributed by atoms with Crippen LogP contribution < -0.4 is 5.32 Å². The molecule has 0 radical (unpaired) electrons. The Balaban J connectivity index is 2.23. The summed E-state index contributed by atoms with van der Waals surface area (Å²) < 4.78 is 0. The van der Waals surface area contributed by atoms with Gasteiger partial charge in [-0.3, -0.25) is 0 Å². The van der Waals surface area contributed by atoms with Crippen LogP contribution in [0, 0.1) is 6.92 Å². The number of nitrogens with one attached hydrogen (secondary N) is 1. The first-order chi connectivity index (χ1) is 9.21. The molecule has 5 nitrogen and oxygen atoms in total. The van der Waals surface area contributed by atoms with E-state index in [0.717, 1.165) is 28.1 Å². The third-order valence-corrected chi connectivity index (χ3v) is 3.54. The Bertz CT molecular complexity index is 544. The lowest BCUT2D eigenvalue weighted by Crippen LogP contribution is -2.01. The third kappa shape index (κ3) is 4.07. The minimum Gasteiger partial charge on any atom is -0.370 e. The van der Waals surface area contributed by atoms with Gasteiger partial charge in [0, 0.05) is 25.0 Å². The molecule has 2 aromatic rings. The Kier molecular flexibility index (Phi) is 4.98. The van der Waals surface area contributed by atoms with Crippen LogP contribution >= 0.6 is 23.5 Å². The van der Waals surface area contributed by atoms with Crippen molar-refractivity contribution < 1.29 is 0 Å². The van der Waals surface area contributed by atoms with Crippen molar-refractivity contribution in [2.75, 3.05) is 18.1 Å². The Hall–Kier alpha value is -1.34. The molecule has 0 amide bonds. The zero-order valence-corrected chi connectivity index (χ0v) is 12.7. The maximum Gasteiger partial charge on any atom is 0.193 e. The van der Waals surface area contributed by atoms with Gasteiger partial charge >= 0.3 is 0 Å². The van der Waals surface area contributed by atoms with Crippen molar-refractivity contribution in [1.82, 2.24) is 19.9 Å². The molecule has 1 N–H and O–H groups in total. The summed E-state index contributed by atoms with van der Waals surface area (Å²) in [7, 11) is 0. The van der Waals surface area contributed by atoms with Crippen molar-refractivity contribution in [1.29, 1.82) is 0 Å². The van der Waals surface area contributed by atoms with Gasteiger partial charge in [-0.1, -0.05) is 11.8 Å². The van der Waals surface area contributed by atoms with E-state index >= 15 is 0 Å². The maximum atomic E-state index is 4.45. The summed E-state index contributed by atoms with van der Waals surface area (Å²) >= 11 is 2.96. The Morgan fingerprint density at radius 3 is 2.53 bits per heavy atom. The molecule has 0 bridgehead atoms. The van der Waals surface area contributed by atoms with E-state index < -0.39 is 0 Å². The van der Waals surface area contributed by atoms with E-state index in [1.807, 2.05) is 26.2 Å². The first kappa shape index (κ1) is 14.1. The van der Waals surface area contributed by atoms with Gasteiger partial charge in [0.15, 0.2) is 10.3 Å². The largest absolute Gasteiger partial charge is 0.370 e. The van der Waals surface area contributed by atoms with E-state index in [1.165, 1.54) is 23.5 Å². The van der Waals surface area contributed by atoms with Gasteiger partial charge < -0.3 is 5.32 Å². The summed E-state index contributed by atoms with van der Waals surface area (Å²) in [4.78, 5) is 17.4. The van der Waals surface area contributed by atoms with Gasteiger partial charge in [-0.2, -0.15) is 0 Å². The molecule has 7 heteroatoms. The predicted octanol–water partition coefficient (Wildman–Crippen LogP) is 2.88. The van der Waals surface area contributed by atoms with E-state index in [-0.39, 0.29) is 0 Å². The Morgan fingerprint density at radius 1 is 1.16 bits per heavy atom. The fourth-order valence-corrected chi connectivity index (χ4v) is 2.48. The van der Waals surface area contributed by atoms with E-state index in [2.05, 4.69) is 25.3 Å². The molecular weight excluding hydrogens is 278 g/mol. The molecule has 0 aliphatic rings. The molecule has 0 aliphatic heterocycles. The van der Waals surface area contributed by atoms with E-state index in [4.69, 9.17) is 0 Å². The number of nitrogens with zero attached hydrogens (tertiary/aromatic N) is 4. The summed E-state index contributed by atoms with van der Waals surface area (Å²) in [6.07, 6.45) is 5.57. The first-order valence-corrected chi connectivity index (χ1v) is 7.89. The zero-order valence-electron chi connectivity index (χ0n) is 11.0. The van der Waals surface area contributed by atoms with Crippen molar-refractivity contribution in [3.05, 3.63) is 24.0 Å².